The van der Waals surface area contributed by atoms with E-state index in [0.717, 1.165) is 11.3 Å². The molecule has 1 atom stereocenters. The minimum absolute atomic E-state index is 0.0856. The van der Waals surface area contributed by atoms with Gasteiger partial charge in [0.15, 0.2) is 0 Å². The summed E-state index contributed by atoms with van der Waals surface area (Å²) in [4.78, 5) is 11.9. The molecule has 2 rings (SSSR count). The van der Waals surface area contributed by atoms with Gasteiger partial charge in [0.25, 0.3) is 5.91 Å². The summed E-state index contributed by atoms with van der Waals surface area (Å²) in [7, 11) is 0. The minimum Gasteiger partial charge on any atom is -0.394 e. The number of rotatable bonds is 5. The van der Waals surface area contributed by atoms with Gasteiger partial charge in [-0.25, -0.2) is 0 Å². The first-order valence-electron chi connectivity index (χ1n) is 7.58. The van der Waals surface area contributed by atoms with E-state index in [9.17, 15) is 4.79 Å². The van der Waals surface area contributed by atoms with E-state index >= 15 is 0 Å². The molecule has 1 unspecified atom stereocenters. The molecule has 3 N–H and O–H groups in total. The van der Waals surface area contributed by atoms with Crippen LogP contribution in [0, 0.1) is 11.8 Å². The summed E-state index contributed by atoms with van der Waals surface area (Å²) in [5, 5.41) is 15.5. The molecule has 0 aliphatic carbocycles. The molecule has 2 aromatic rings. The van der Waals surface area contributed by atoms with Crippen molar-refractivity contribution >= 4 is 23.2 Å². The molecule has 0 radical (unpaired) electrons. The number of carbonyl (C=O) groups is 1. The number of amides is 1. The Hall–Kier alpha value is -2.48. The average Bonchev–Trinajstić information content (AvgIpc) is 2.60. The van der Waals surface area contributed by atoms with Crippen molar-refractivity contribution in [1.82, 2.24) is 5.32 Å². The van der Waals surface area contributed by atoms with Crippen molar-refractivity contribution in [3.05, 3.63) is 64.7 Å². The van der Waals surface area contributed by atoms with Crippen molar-refractivity contribution in [2.45, 2.75) is 13.0 Å². The van der Waals surface area contributed by atoms with Crippen molar-refractivity contribution in [3.63, 3.8) is 0 Å². The molecule has 0 saturated carbocycles. The van der Waals surface area contributed by atoms with Gasteiger partial charge in [-0.1, -0.05) is 23.4 Å². The fourth-order valence-corrected chi connectivity index (χ4v) is 2.04. The zero-order valence-corrected chi connectivity index (χ0v) is 14.1. The third-order valence-corrected chi connectivity index (χ3v) is 3.51. The second-order valence-corrected chi connectivity index (χ2v) is 5.73. The third-order valence-electron chi connectivity index (χ3n) is 3.26. The monoisotopic (exact) mass is 342 g/mol. The van der Waals surface area contributed by atoms with E-state index in [0.29, 0.717) is 17.1 Å². The molecule has 24 heavy (non-hydrogen) atoms. The Morgan fingerprint density at radius 3 is 2.46 bits per heavy atom. The van der Waals surface area contributed by atoms with Gasteiger partial charge in [0, 0.05) is 27.9 Å². The number of nitrogens with one attached hydrogen (secondary N) is 2. The van der Waals surface area contributed by atoms with Gasteiger partial charge in [0.2, 0.25) is 0 Å². The van der Waals surface area contributed by atoms with Gasteiger partial charge in [-0.05, 0) is 55.5 Å². The van der Waals surface area contributed by atoms with E-state index in [4.69, 9.17) is 16.7 Å². The van der Waals surface area contributed by atoms with Crippen LogP contribution >= 0.6 is 11.6 Å². The van der Waals surface area contributed by atoms with Crippen LogP contribution in [0.5, 0.6) is 0 Å². The molecule has 124 valence electrons. The van der Waals surface area contributed by atoms with Crippen LogP contribution in [-0.4, -0.2) is 30.2 Å². The maximum absolute atomic E-state index is 11.9. The lowest BCUT2D eigenvalue weighted by atomic mass is 10.2. The van der Waals surface area contributed by atoms with Gasteiger partial charge < -0.3 is 15.7 Å². The van der Waals surface area contributed by atoms with Crippen molar-refractivity contribution in [3.8, 4) is 11.8 Å². The lowest BCUT2D eigenvalue weighted by molar-refractivity contribution is 0.0922. The molecule has 5 heteroatoms. The third kappa shape index (κ3) is 5.62. The fraction of sp³-hybridized carbons (Fsp3) is 0.211. The second kappa shape index (κ2) is 8.97. The highest BCUT2D eigenvalue weighted by molar-refractivity contribution is 6.30. The molecule has 0 aliphatic heterocycles. The summed E-state index contributed by atoms with van der Waals surface area (Å²) in [5.41, 5.74) is 2.34. The topological polar surface area (TPSA) is 61.4 Å². The highest BCUT2D eigenvalue weighted by Crippen LogP contribution is 2.10. The number of anilines is 1. The first kappa shape index (κ1) is 17.9. The zero-order valence-electron chi connectivity index (χ0n) is 13.3. The predicted molar refractivity (Wildman–Crippen MR) is 97.3 cm³/mol. The quantitative estimate of drug-likeness (QED) is 0.732. The Morgan fingerprint density at radius 2 is 1.83 bits per heavy atom. The highest BCUT2D eigenvalue weighted by atomic mass is 35.5. The van der Waals surface area contributed by atoms with Crippen LogP contribution in [0.3, 0.4) is 0 Å². The highest BCUT2D eigenvalue weighted by Gasteiger charge is 2.08. The van der Waals surface area contributed by atoms with Gasteiger partial charge in [-0.15, -0.1) is 0 Å². The molecule has 0 aromatic heterocycles. The zero-order chi connectivity index (χ0) is 17.4. The minimum atomic E-state index is -0.265. The molecule has 0 saturated heterocycles. The van der Waals surface area contributed by atoms with Crippen LogP contribution in [0.25, 0.3) is 0 Å². The van der Waals surface area contributed by atoms with Crippen LogP contribution < -0.4 is 10.6 Å². The van der Waals surface area contributed by atoms with Crippen LogP contribution in [0.4, 0.5) is 5.69 Å². The molecule has 0 fully saturated rings. The number of halogens is 1. The van der Waals surface area contributed by atoms with Crippen molar-refractivity contribution in [2.24, 2.45) is 0 Å². The largest absolute Gasteiger partial charge is 0.394 e. The summed E-state index contributed by atoms with van der Waals surface area (Å²) in [6, 6.07) is 14.2. The van der Waals surface area contributed by atoms with E-state index in [2.05, 4.69) is 22.5 Å². The molecule has 0 aliphatic rings. The smallest absolute Gasteiger partial charge is 0.251 e. The van der Waals surface area contributed by atoms with E-state index < -0.39 is 0 Å². The van der Waals surface area contributed by atoms with Crippen LogP contribution in [0.1, 0.15) is 22.8 Å². The Bertz CT molecular complexity index is 731. The van der Waals surface area contributed by atoms with Crippen molar-refractivity contribution in [1.29, 1.82) is 0 Å². The van der Waals surface area contributed by atoms with Crippen molar-refractivity contribution < 1.29 is 9.90 Å². The molecular weight excluding hydrogens is 324 g/mol. The average molecular weight is 343 g/mol. The van der Waals surface area contributed by atoms with Gasteiger partial charge in [0.1, 0.15) is 0 Å². The number of hydrogen-bond donors (Lipinski definition) is 3. The lowest BCUT2D eigenvalue weighted by Gasteiger charge is -2.11. The van der Waals surface area contributed by atoms with Crippen LogP contribution in [0.15, 0.2) is 48.5 Å². The SMILES string of the molecule is CC(CO)NC(=O)c1ccc(NCC#Cc2ccc(Cl)cc2)cc1. The summed E-state index contributed by atoms with van der Waals surface area (Å²) in [6.45, 7) is 2.15. The Balaban J connectivity index is 1.86. The molecule has 0 heterocycles. The number of aliphatic hydroxyl groups is 1. The van der Waals surface area contributed by atoms with Gasteiger partial charge in [0.05, 0.1) is 13.2 Å². The molecule has 0 bridgehead atoms. The molecule has 2 aromatic carbocycles. The lowest BCUT2D eigenvalue weighted by Crippen LogP contribution is -2.34. The van der Waals surface area contributed by atoms with Crippen LogP contribution in [-0.2, 0) is 0 Å². The maximum atomic E-state index is 11.9. The van der Waals surface area contributed by atoms with E-state index in [-0.39, 0.29) is 18.6 Å². The first-order chi connectivity index (χ1) is 11.6. The van der Waals surface area contributed by atoms with Gasteiger partial charge in [-0.3, -0.25) is 4.79 Å². The predicted octanol–water partition coefficient (Wildman–Crippen LogP) is 2.91. The molecule has 1 amide bonds. The van der Waals surface area contributed by atoms with Gasteiger partial charge >= 0.3 is 0 Å². The second-order valence-electron chi connectivity index (χ2n) is 5.30. The Morgan fingerprint density at radius 1 is 1.17 bits per heavy atom. The molecule has 4 nitrogen and oxygen atoms in total. The number of aliphatic hydroxyl groups excluding tert-OH is 1. The first-order valence-corrected chi connectivity index (χ1v) is 7.96. The summed E-state index contributed by atoms with van der Waals surface area (Å²) >= 11 is 5.82. The van der Waals surface area contributed by atoms with E-state index in [1.54, 1.807) is 31.2 Å². The van der Waals surface area contributed by atoms with E-state index in [1.807, 2.05) is 24.3 Å². The molecule has 0 spiro atoms. The Labute approximate surface area is 146 Å². The van der Waals surface area contributed by atoms with E-state index in [1.165, 1.54) is 0 Å². The van der Waals surface area contributed by atoms with Crippen molar-refractivity contribution in [2.75, 3.05) is 18.5 Å². The van der Waals surface area contributed by atoms with Gasteiger partial charge in [-0.2, -0.15) is 0 Å². The molecular formula is C19H19ClN2O2. The van der Waals surface area contributed by atoms with Crippen LogP contribution in [0.2, 0.25) is 5.02 Å². The fourth-order valence-electron chi connectivity index (χ4n) is 1.92. The summed E-state index contributed by atoms with van der Waals surface area (Å²) < 4.78 is 0. The maximum Gasteiger partial charge on any atom is 0.251 e. The number of benzene rings is 2. The number of carbonyl (C=O) groups excluding carboxylic acids is 1. The Kier molecular flexibility index (Phi) is 6.68. The summed E-state index contributed by atoms with van der Waals surface area (Å²) in [5.74, 6) is 5.87. The standard InChI is InChI=1S/C19H19ClN2O2/c1-14(13-23)22-19(24)16-6-10-18(11-7-16)21-12-2-3-15-4-8-17(20)9-5-15/h4-11,14,21,23H,12-13H2,1H3,(H,22,24). The normalized spacial score (nSPS) is 11.1. The number of hydrogen-bond acceptors (Lipinski definition) is 3. The summed E-state index contributed by atoms with van der Waals surface area (Å²) in [6.07, 6.45) is 0.